The molecule has 0 aliphatic rings. The first-order valence-corrected chi connectivity index (χ1v) is 6.90. The van der Waals surface area contributed by atoms with Crippen LogP contribution in [0.1, 0.15) is 26.3 Å². The minimum Gasteiger partial charge on any atom is -0.465 e. The zero-order valence-corrected chi connectivity index (χ0v) is 12.7. The Morgan fingerprint density at radius 1 is 1.18 bits per heavy atom. The molecule has 0 unspecified atom stereocenters. The van der Waals surface area contributed by atoms with E-state index in [1.165, 1.54) is 7.11 Å². The largest absolute Gasteiger partial charge is 0.465 e. The number of hydrogen-bond donors (Lipinski definition) is 2. The van der Waals surface area contributed by atoms with E-state index in [9.17, 15) is 9.59 Å². The lowest BCUT2D eigenvalue weighted by Crippen LogP contribution is -2.23. The van der Waals surface area contributed by atoms with Gasteiger partial charge in [-0.3, -0.25) is 4.79 Å². The molecule has 0 aromatic heterocycles. The van der Waals surface area contributed by atoms with Crippen molar-refractivity contribution in [3.8, 4) is 0 Å². The average molecular weight is 319 g/mol. The number of nitrogen functional groups attached to an aromatic ring is 1. The molecule has 2 rings (SSSR count). The summed E-state index contributed by atoms with van der Waals surface area (Å²) in [6.45, 7) is 0.312. The molecule has 0 saturated heterocycles. The predicted octanol–water partition coefficient (Wildman–Crippen LogP) is 2.64. The Morgan fingerprint density at radius 2 is 1.86 bits per heavy atom. The monoisotopic (exact) mass is 318 g/mol. The molecule has 0 radical (unpaired) electrons. The van der Waals surface area contributed by atoms with Gasteiger partial charge in [0.05, 0.1) is 28.9 Å². The first-order valence-electron chi connectivity index (χ1n) is 6.52. The summed E-state index contributed by atoms with van der Waals surface area (Å²) in [5, 5.41) is 3.09. The van der Waals surface area contributed by atoms with E-state index in [1.807, 2.05) is 0 Å². The van der Waals surface area contributed by atoms with E-state index in [-0.39, 0.29) is 11.6 Å². The molecule has 5 nitrogen and oxygen atoms in total. The highest BCUT2D eigenvalue weighted by molar-refractivity contribution is 6.33. The summed E-state index contributed by atoms with van der Waals surface area (Å²) in [4.78, 5) is 23.4. The fraction of sp³-hybridized carbons (Fsp3) is 0.125. The summed E-state index contributed by atoms with van der Waals surface area (Å²) in [6, 6.07) is 11.7. The number of benzene rings is 2. The zero-order valence-electron chi connectivity index (χ0n) is 11.9. The molecule has 2 aromatic carbocycles. The van der Waals surface area contributed by atoms with E-state index in [4.69, 9.17) is 17.3 Å². The van der Waals surface area contributed by atoms with Gasteiger partial charge in [-0.1, -0.05) is 29.8 Å². The number of halogens is 1. The summed E-state index contributed by atoms with van der Waals surface area (Å²) >= 11 is 5.89. The summed E-state index contributed by atoms with van der Waals surface area (Å²) in [6.07, 6.45) is 0. The Balaban J connectivity index is 2.02. The third-order valence-corrected chi connectivity index (χ3v) is 3.46. The van der Waals surface area contributed by atoms with Gasteiger partial charge in [0.1, 0.15) is 0 Å². The van der Waals surface area contributed by atoms with Gasteiger partial charge in [0.2, 0.25) is 0 Å². The number of esters is 1. The molecule has 0 heterocycles. The van der Waals surface area contributed by atoms with Gasteiger partial charge < -0.3 is 15.8 Å². The molecule has 114 valence electrons. The number of para-hydroxylation sites is 1. The lowest BCUT2D eigenvalue weighted by Gasteiger charge is -2.09. The first kappa shape index (κ1) is 15.9. The van der Waals surface area contributed by atoms with Crippen LogP contribution in [0.3, 0.4) is 0 Å². The first-order chi connectivity index (χ1) is 10.5. The van der Waals surface area contributed by atoms with E-state index < -0.39 is 5.97 Å². The molecule has 0 fully saturated rings. The Hall–Kier alpha value is -2.53. The topological polar surface area (TPSA) is 81.4 Å². The highest BCUT2D eigenvalue weighted by atomic mass is 35.5. The second kappa shape index (κ2) is 6.95. The number of anilines is 1. The fourth-order valence-corrected chi connectivity index (χ4v) is 2.06. The van der Waals surface area contributed by atoms with Crippen molar-refractivity contribution in [3.05, 3.63) is 64.2 Å². The number of carbonyl (C=O) groups excluding carboxylic acids is 2. The molecule has 6 heteroatoms. The van der Waals surface area contributed by atoms with Gasteiger partial charge in [-0.25, -0.2) is 4.79 Å². The Bertz CT molecular complexity index is 699. The van der Waals surface area contributed by atoms with E-state index in [1.54, 1.807) is 42.5 Å². The van der Waals surface area contributed by atoms with Crippen molar-refractivity contribution < 1.29 is 14.3 Å². The molecule has 3 N–H and O–H groups in total. The van der Waals surface area contributed by atoms with E-state index in [0.717, 1.165) is 5.56 Å². The number of nitrogens with two attached hydrogens (primary N) is 1. The molecule has 0 bridgehead atoms. The highest BCUT2D eigenvalue weighted by Crippen LogP contribution is 2.22. The molecule has 2 aromatic rings. The van der Waals surface area contributed by atoms with Crippen molar-refractivity contribution in [1.82, 2.24) is 5.32 Å². The van der Waals surface area contributed by atoms with Crippen LogP contribution in [0.5, 0.6) is 0 Å². The number of ether oxygens (including phenoxy) is 1. The summed E-state index contributed by atoms with van der Waals surface area (Å²) in [5.41, 5.74) is 7.67. The van der Waals surface area contributed by atoms with Gasteiger partial charge in [0, 0.05) is 6.54 Å². The van der Waals surface area contributed by atoms with Crippen molar-refractivity contribution in [3.63, 3.8) is 0 Å². The normalized spacial score (nSPS) is 10.1. The SMILES string of the molecule is COC(=O)c1ccc(CNC(=O)c2cccc(Cl)c2N)cc1. The molecule has 0 spiro atoms. The van der Waals surface area contributed by atoms with Crippen LogP contribution in [0.15, 0.2) is 42.5 Å². The van der Waals surface area contributed by atoms with E-state index in [0.29, 0.717) is 22.7 Å². The Labute approximate surface area is 133 Å². The van der Waals surface area contributed by atoms with Crippen LogP contribution in [-0.2, 0) is 11.3 Å². The number of carbonyl (C=O) groups is 2. The quantitative estimate of drug-likeness (QED) is 0.670. The number of amides is 1. The lowest BCUT2D eigenvalue weighted by atomic mass is 10.1. The standard InChI is InChI=1S/C16H15ClN2O3/c1-22-16(21)11-7-5-10(6-8-11)9-19-15(20)12-3-2-4-13(17)14(12)18/h2-8H,9,18H2,1H3,(H,19,20). The molecular formula is C16H15ClN2O3. The molecular weight excluding hydrogens is 304 g/mol. The summed E-state index contributed by atoms with van der Waals surface area (Å²) in [5.74, 6) is -0.709. The minimum atomic E-state index is -0.401. The lowest BCUT2D eigenvalue weighted by molar-refractivity contribution is 0.0600. The van der Waals surface area contributed by atoms with Crippen molar-refractivity contribution >= 4 is 29.2 Å². The van der Waals surface area contributed by atoms with E-state index >= 15 is 0 Å². The second-order valence-corrected chi connectivity index (χ2v) is 4.98. The van der Waals surface area contributed by atoms with Crippen molar-refractivity contribution in [1.29, 1.82) is 0 Å². The smallest absolute Gasteiger partial charge is 0.337 e. The van der Waals surface area contributed by atoms with Gasteiger partial charge in [0.15, 0.2) is 0 Å². The Morgan fingerprint density at radius 3 is 2.50 bits per heavy atom. The molecule has 0 aliphatic heterocycles. The number of methoxy groups -OCH3 is 1. The summed E-state index contributed by atoms with van der Waals surface area (Å²) in [7, 11) is 1.33. The van der Waals surface area contributed by atoms with Crippen LogP contribution in [0.2, 0.25) is 5.02 Å². The number of hydrogen-bond acceptors (Lipinski definition) is 4. The molecule has 0 aliphatic carbocycles. The van der Waals surface area contributed by atoms with Crippen LogP contribution in [-0.4, -0.2) is 19.0 Å². The molecule has 1 amide bonds. The molecule has 22 heavy (non-hydrogen) atoms. The maximum atomic E-state index is 12.1. The van der Waals surface area contributed by atoms with Crippen LogP contribution < -0.4 is 11.1 Å². The third-order valence-electron chi connectivity index (χ3n) is 3.13. The number of rotatable bonds is 4. The van der Waals surface area contributed by atoms with Gasteiger partial charge in [-0.15, -0.1) is 0 Å². The number of nitrogens with one attached hydrogen (secondary N) is 1. The van der Waals surface area contributed by atoms with Gasteiger partial charge in [-0.2, -0.15) is 0 Å². The Kier molecular flexibility index (Phi) is 5.01. The van der Waals surface area contributed by atoms with Crippen LogP contribution in [0.4, 0.5) is 5.69 Å². The minimum absolute atomic E-state index is 0.253. The van der Waals surface area contributed by atoms with Crippen molar-refractivity contribution in [2.45, 2.75) is 6.54 Å². The maximum absolute atomic E-state index is 12.1. The fourth-order valence-electron chi connectivity index (χ4n) is 1.89. The third kappa shape index (κ3) is 3.56. The van der Waals surface area contributed by atoms with Crippen LogP contribution in [0, 0.1) is 0 Å². The van der Waals surface area contributed by atoms with Gasteiger partial charge in [0.25, 0.3) is 5.91 Å². The maximum Gasteiger partial charge on any atom is 0.337 e. The van der Waals surface area contributed by atoms with Crippen molar-refractivity contribution in [2.75, 3.05) is 12.8 Å². The predicted molar refractivity (Wildman–Crippen MR) is 84.8 cm³/mol. The van der Waals surface area contributed by atoms with E-state index in [2.05, 4.69) is 10.1 Å². The van der Waals surface area contributed by atoms with Crippen molar-refractivity contribution in [2.24, 2.45) is 0 Å². The average Bonchev–Trinajstić information content (AvgIpc) is 2.55. The van der Waals surface area contributed by atoms with Crippen LogP contribution >= 0.6 is 11.6 Å². The van der Waals surface area contributed by atoms with Gasteiger partial charge >= 0.3 is 5.97 Å². The second-order valence-electron chi connectivity index (χ2n) is 4.57. The molecule has 0 atom stereocenters. The van der Waals surface area contributed by atoms with Gasteiger partial charge in [-0.05, 0) is 29.8 Å². The van der Waals surface area contributed by atoms with Crippen LogP contribution in [0.25, 0.3) is 0 Å². The highest BCUT2D eigenvalue weighted by Gasteiger charge is 2.11. The summed E-state index contributed by atoms with van der Waals surface area (Å²) < 4.78 is 4.62. The zero-order chi connectivity index (χ0) is 16.1. The molecule has 0 saturated carbocycles.